The van der Waals surface area contributed by atoms with Crippen molar-refractivity contribution in [3.8, 4) is 5.69 Å². The van der Waals surface area contributed by atoms with Gasteiger partial charge < -0.3 is 14.3 Å². The maximum Gasteiger partial charge on any atom is 0.159 e. The summed E-state index contributed by atoms with van der Waals surface area (Å²) in [7, 11) is 0. The quantitative estimate of drug-likeness (QED) is 0.203. The Kier molecular flexibility index (Phi) is 6.25. The number of hydrogen-bond donors (Lipinski definition) is 1. The van der Waals surface area contributed by atoms with Gasteiger partial charge in [-0.25, -0.2) is 9.98 Å². The summed E-state index contributed by atoms with van der Waals surface area (Å²) < 4.78 is 9.30. The van der Waals surface area contributed by atoms with Gasteiger partial charge in [0.05, 0.1) is 16.7 Å². The van der Waals surface area contributed by atoms with Crippen LogP contribution < -0.4 is 5.32 Å². The van der Waals surface area contributed by atoms with Gasteiger partial charge in [0.25, 0.3) is 0 Å². The van der Waals surface area contributed by atoms with Gasteiger partial charge in [0.1, 0.15) is 23.2 Å². The molecule has 8 aromatic carbocycles. The van der Waals surface area contributed by atoms with Crippen molar-refractivity contribution in [3.05, 3.63) is 187 Å². The van der Waals surface area contributed by atoms with Crippen LogP contribution in [0.4, 0.5) is 0 Å². The predicted octanol–water partition coefficient (Wildman–Crippen LogP) is 11.5. The van der Waals surface area contributed by atoms with E-state index in [1.165, 1.54) is 21.5 Å². The molecule has 1 atom stereocenters. The largest absolute Gasteiger partial charge is 0.455 e. The minimum Gasteiger partial charge on any atom is -0.455 e. The molecule has 0 radical (unpaired) electrons. The molecule has 5 nitrogen and oxygen atoms in total. The number of nitrogens with one attached hydrogen (secondary N) is 1. The first kappa shape index (κ1) is 28.8. The van der Waals surface area contributed by atoms with Crippen molar-refractivity contribution in [3.63, 3.8) is 0 Å². The molecule has 0 aliphatic carbocycles. The number of fused-ring (bicyclic) bond motifs is 9. The highest BCUT2D eigenvalue weighted by atomic mass is 16.3. The van der Waals surface area contributed by atoms with E-state index >= 15 is 0 Å². The molecule has 1 aliphatic rings. The van der Waals surface area contributed by atoms with Crippen molar-refractivity contribution in [1.82, 2.24) is 9.88 Å². The lowest BCUT2D eigenvalue weighted by Gasteiger charge is -2.24. The van der Waals surface area contributed by atoms with Gasteiger partial charge in [0.2, 0.25) is 0 Å². The van der Waals surface area contributed by atoms with Gasteiger partial charge in [0.15, 0.2) is 5.84 Å². The zero-order valence-corrected chi connectivity index (χ0v) is 28.0. The Labute approximate surface area is 298 Å². The predicted molar refractivity (Wildman–Crippen MR) is 215 cm³/mol. The van der Waals surface area contributed by atoms with E-state index in [-0.39, 0.29) is 6.17 Å². The molecule has 5 heteroatoms. The molecule has 0 fully saturated rings. The lowest BCUT2D eigenvalue weighted by Crippen LogP contribution is -2.33. The van der Waals surface area contributed by atoms with Gasteiger partial charge in [-0.05, 0) is 52.1 Å². The van der Waals surface area contributed by atoms with Crippen LogP contribution in [0.1, 0.15) is 22.9 Å². The van der Waals surface area contributed by atoms with Crippen LogP contribution in [0.25, 0.3) is 71.0 Å². The van der Waals surface area contributed by atoms with E-state index in [0.29, 0.717) is 5.84 Å². The van der Waals surface area contributed by atoms with Crippen molar-refractivity contribution in [1.29, 1.82) is 0 Å². The van der Waals surface area contributed by atoms with E-state index in [2.05, 4.69) is 155 Å². The van der Waals surface area contributed by atoms with Crippen LogP contribution in [0.5, 0.6) is 0 Å². The van der Waals surface area contributed by atoms with Gasteiger partial charge in [-0.3, -0.25) is 0 Å². The number of nitrogens with zero attached hydrogens (tertiary/aromatic N) is 3. The third-order valence-electron chi connectivity index (χ3n) is 10.4. The van der Waals surface area contributed by atoms with Crippen molar-refractivity contribution < 1.29 is 4.42 Å². The smallest absolute Gasteiger partial charge is 0.159 e. The topological polar surface area (TPSA) is 54.8 Å². The molecule has 52 heavy (non-hydrogen) atoms. The fourth-order valence-electron chi connectivity index (χ4n) is 7.98. The van der Waals surface area contributed by atoms with Gasteiger partial charge in [-0.1, -0.05) is 133 Å². The third-order valence-corrected chi connectivity index (χ3v) is 10.4. The summed E-state index contributed by atoms with van der Waals surface area (Å²) in [6.07, 6.45) is -0.332. The van der Waals surface area contributed by atoms with E-state index in [4.69, 9.17) is 14.4 Å². The second-order valence-corrected chi connectivity index (χ2v) is 13.4. The molecule has 0 bridgehead atoms. The maximum atomic E-state index is 6.93. The Morgan fingerprint density at radius 1 is 0.538 bits per heavy atom. The standard InChI is InChI=1S/C47H30N4O/c1-3-14-30(15-4-1)45-48-46(31-16-5-2-6-17-31)50-47(49-45)39-27-34(28-42-43(39)37-24-23-29-13-9-10-20-35(29)44(37)52-42)51-40-22-12-11-21-36(40)38-25-32-18-7-8-19-33(32)26-41(38)51/h1-28,45H,(H,48,49,50). The molecule has 1 aliphatic heterocycles. The summed E-state index contributed by atoms with van der Waals surface area (Å²) in [6.45, 7) is 0. The molecular formula is C47H30N4O. The number of amidine groups is 2. The van der Waals surface area contributed by atoms with E-state index in [1.807, 2.05) is 24.3 Å². The van der Waals surface area contributed by atoms with E-state index in [1.54, 1.807) is 0 Å². The molecule has 3 heterocycles. The summed E-state index contributed by atoms with van der Waals surface area (Å²) >= 11 is 0. The van der Waals surface area contributed by atoms with Crippen LogP contribution in [0.2, 0.25) is 0 Å². The lowest BCUT2D eigenvalue weighted by atomic mass is 10.0. The first-order chi connectivity index (χ1) is 25.8. The lowest BCUT2D eigenvalue weighted by molar-refractivity contribution is 0.670. The second-order valence-electron chi connectivity index (χ2n) is 13.4. The molecule has 0 saturated heterocycles. The number of aromatic nitrogens is 1. The van der Waals surface area contributed by atoms with Crippen molar-refractivity contribution in [2.24, 2.45) is 9.98 Å². The summed E-state index contributed by atoms with van der Waals surface area (Å²) in [4.78, 5) is 10.4. The van der Waals surface area contributed by atoms with Gasteiger partial charge in [0, 0.05) is 44.1 Å². The zero-order valence-electron chi connectivity index (χ0n) is 28.0. The average Bonchev–Trinajstić information content (AvgIpc) is 3.75. The second kappa shape index (κ2) is 11.3. The zero-order chi connectivity index (χ0) is 34.2. The molecule has 1 N–H and O–H groups in total. The normalized spacial score (nSPS) is 14.7. The Morgan fingerprint density at radius 2 is 1.23 bits per heavy atom. The highest BCUT2D eigenvalue weighted by Gasteiger charge is 2.26. The van der Waals surface area contributed by atoms with Crippen LogP contribution in [-0.4, -0.2) is 16.2 Å². The van der Waals surface area contributed by atoms with Crippen LogP contribution in [-0.2, 0) is 0 Å². The van der Waals surface area contributed by atoms with Crippen molar-refractivity contribution in [2.75, 3.05) is 0 Å². The van der Waals surface area contributed by atoms with Gasteiger partial charge >= 0.3 is 0 Å². The average molecular weight is 667 g/mol. The van der Waals surface area contributed by atoms with Gasteiger partial charge in [-0.2, -0.15) is 0 Å². The minimum absolute atomic E-state index is 0.332. The SMILES string of the molecule is c1ccc(C2=NC(c3ccccc3)NC(c3cc(-n4c5ccccc5c5cc6ccccc6cc54)cc4oc5c6ccccc6ccc5c34)=N2)cc1. The Morgan fingerprint density at radius 3 is 2.06 bits per heavy atom. The summed E-state index contributed by atoms with van der Waals surface area (Å²) in [5, 5.41) is 12.9. The monoisotopic (exact) mass is 666 g/mol. The van der Waals surface area contributed by atoms with Crippen molar-refractivity contribution >= 4 is 77.0 Å². The van der Waals surface area contributed by atoms with Crippen LogP contribution in [0.15, 0.2) is 184 Å². The van der Waals surface area contributed by atoms with E-state index in [9.17, 15) is 0 Å². The van der Waals surface area contributed by atoms with E-state index in [0.717, 1.165) is 72.0 Å². The first-order valence-electron chi connectivity index (χ1n) is 17.6. The Hall–Kier alpha value is -6.98. The van der Waals surface area contributed by atoms with Crippen LogP contribution in [0, 0.1) is 0 Å². The Balaban J connectivity index is 1.24. The number of furan rings is 1. The van der Waals surface area contributed by atoms with Crippen LogP contribution >= 0.6 is 0 Å². The maximum absolute atomic E-state index is 6.93. The van der Waals surface area contributed by atoms with E-state index < -0.39 is 0 Å². The molecule has 2 aromatic heterocycles. The number of benzene rings is 8. The first-order valence-corrected chi connectivity index (χ1v) is 17.6. The third kappa shape index (κ3) is 4.42. The fraction of sp³-hybridized carbons (Fsp3) is 0.0213. The highest BCUT2D eigenvalue weighted by Crippen LogP contribution is 2.41. The summed E-state index contributed by atoms with van der Waals surface area (Å²) in [6, 6.07) is 59.7. The summed E-state index contributed by atoms with van der Waals surface area (Å²) in [5.41, 5.74) is 7.92. The number of hydrogen-bond acceptors (Lipinski definition) is 4. The number of aliphatic imine (C=N–C) groups is 2. The Bertz CT molecular complexity index is 3100. The molecule has 0 spiro atoms. The van der Waals surface area contributed by atoms with Crippen LogP contribution in [0.3, 0.4) is 0 Å². The molecule has 11 rings (SSSR count). The number of rotatable bonds is 4. The molecule has 244 valence electrons. The van der Waals surface area contributed by atoms with Gasteiger partial charge in [-0.15, -0.1) is 0 Å². The van der Waals surface area contributed by atoms with Crippen molar-refractivity contribution in [2.45, 2.75) is 6.17 Å². The fourth-order valence-corrected chi connectivity index (χ4v) is 7.98. The molecule has 0 amide bonds. The summed E-state index contributed by atoms with van der Waals surface area (Å²) in [5.74, 6) is 1.43. The number of para-hydroxylation sites is 1. The molecular weight excluding hydrogens is 637 g/mol. The minimum atomic E-state index is -0.332. The molecule has 1 unspecified atom stereocenters. The molecule has 0 saturated carbocycles. The molecule has 10 aromatic rings. The highest BCUT2D eigenvalue weighted by molar-refractivity contribution is 6.25.